The Hall–Kier alpha value is -2.00. The topological polar surface area (TPSA) is 36.4 Å². The normalized spacial score (nSPS) is 21.3. The molecule has 2 aliphatic rings. The molecule has 2 N–H and O–H groups in total. The van der Waals surface area contributed by atoms with E-state index in [0.29, 0.717) is 18.0 Å². The van der Waals surface area contributed by atoms with Gasteiger partial charge in [0, 0.05) is 24.5 Å². The Balaban J connectivity index is 0.00000196. The first-order valence-corrected chi connectivity index (χ1v) is 9.57. The van der Waals surface area contributed by atoms with Gasteiger partial charge >= 0.3 is 0 Å². The number of nitrogens with zero attached hydrogens (tertiary/aromatic N) is 1. The van der Waals surface area contributed by atoms with Gasteiger partial charge in [0.25, 0.3) is 0 Å². The fourth-order valence-electron chi connectivity index (χ4n) is 4.16. The third-order valence-corrected chi connectivity index (χ3v) is 5.50. The number of nitrogens with one attached hydrogen (secondary N) is 2. The fourth-order valence-corrected chi connectivity index (χ4v) is 4.16. The summed E-state index contributed by atoms with van der Waals surface area (Å²) in [6.45, 7) is 0.837. The zero-order valence-corrected chi connectivity index (χ0v) is 15.9. The Morgan fingerprint density at radius 3 is 1.81 bits per heavy atom. The van der Waals surface area contributed by atoms with E-state index in [1.165, 1.54) is 36.8 Å². The van der Waals surface area contributed by atoms with Gasteiger partial charge in [0.05, 0.1) is 0 Å². The van der Waals surface area contributed by atoms with Crippen LogP contribution in [0.2, 0.25) is 0 Å². The van der Waals surface area contributed by atoms with Crippen LogP contribution in [0.1, 0.15) is 49.1 Å². The lowest BCUT2D eigenvalue weighted by molar-refractivity contribution is 0.374. The number of hydrogen-bond donors (Lipinski definition) is 2. The maximum atomic E-state index is 4.83. The van der Waals surface area contributed by atoms with Gasteiger partial charge in [-0.15, -0.1) is 12.4 Å². The van der Waals surface area contributed by atoms with E-state index in [1.54, 1.807) is 0 Å². The van der Waals surface area contributed by atoms with Crippen LogP contribution in [0.4, 0.5) is 0 Å². The molecule has 0 spiro atoms. The highest BCUT2D eigenvalue weighted by atomic mass is 35.5. The van der Waals surface area contributed by atoms with E-state index in [2.05, 4.69) is 71.3 Å². The highest BCUT2D eigenvalue weighted by molar-refractivity contribution is 5.85. The molecule has 26 heavy (non-hydrogen) atoms. The lowest BCUT2D eigenvalue weighted by atomic mass is 9.89. The average Bonchev–Trinajstić information content (AvgIpc) is 3.09. The predicted octanol–water partition coefficient (Wildman–Crippen LogP) is 4.49. The number of hydrogen-bond acceptors (Lipinski definition) is 1. The first kappa shape index (κ1) is 18.8. The fraction of sp³-hybridized carbons (Fsp3) is 0.409. The number of fused-ring (bicyclic) bond motifs is 1. The molecule has 0 radical (unpaired) electrons. The van der Waals surface area contributed by atoms with Crippen molar-refractivity contribution in [3.63, 3.8) is 0 Å². The standard InChI is InChI=1S/C22H27N3.ClH/c1-3-9-17(10-4-1)19(18-11-5-2-6-12-18)15-16-23-22-24-20-13-7-8-14-21(20)25-22;/h1-6,9-12,19-21H,7-8,13-16H2,(H2,23,24,25);1H/t20-,21-;/m1./s1. The van der Waals surface area contributed by atoms with Crippen LogP contribution < -0.4 is 10.6 Å². The Morgan fingerprint density at radius 1 is 0.808 bits per heavy atom. The summed E-state index contributed by atoms with van der Waals surface area (Å²) in [4.78, 5) is 4.83. The average molecular weight is 370 g/mol. The van der Waals surface area contributed by atoms with Crippen molar-refractivity contribution in [3.05, 3.63) is 71.8 Å². The second-order valence-electron chi connectivity index (χ2n) is 7.18. The van der Waals surface area contributed by atoms with Crippen LogP contribution in [0.15, 0.2) is 65.7 Å². The Labute approximate surface area is 162 Å². The molecular weight excluding hydrogens is 342 g/mol. The summed E-state index contributed by atoms with van der Waals surface area (Å²) in [6, 6.07) is 22.8. The minimum absolute atomic E-state index is 0. The number of halogens is 1. The third kappa shape index (κ3) is 4.39. The smallest absolute Gasteiger partial charge is 0.191 e. The molecule has 2 aromatic carbocycles. The van der Waals surface area contributed by atoms with Crippen molar-refractivity contribution in [1.82, 2.24) is 10.6 Å². The van der Waals surface area contributed by atoms with E-state index in [9.17, 15) is 0 Å². The van der Waals surface area contributed by atoms with Gasteiger partial charge in [-0.2, -0.15) is 0 Å². The van der Waals surface area contributed by atoms with Crippen molar-refractivity contribution in [2.75, 3.05) is 6.54 Å². The Morgan fingerprint density at radius 2 is 1.31 bits per heavy atom. The van der Waals surface area contributed by atoms with Gasteiger partial charge in [0.2, 0.25) is 0 Å². The SMILES string of the molecule is Cl.c1ccc(C(CCN=C2N[C@@H]3CCCC[C@H]3N2)c2ccccc2)cc1. The van der Waals surface area contributed by atoms with Gasteiger partial charge in [0.1, 0.15) is 0 Å². The Bertz CT molecular complexity index is 646. The molecule has 0 amide bonds. The summed E-state index contributed by atoms with van der Waals surface area (Å²) in [7, 11) is 0. The first-order chi connectivity index (χ1) is 12.4. The zero-order chi connectivity index (χ0) is 16.9. The van der Waals surface area contributed by atoms with Crippen LogP contribution in [-0.4, -0.2) is 24.6 Å². The second kappa shape index (κ2) is 9.09. The van der Waals surface area contributed by atoms with Crippen molar-refractivity contribution in [2.24, 2.45) is 4.99 Å². The lowest BCUT2D eigenvalue weighted by Gasteiger charge is -2.23. The quantitative estimate of drug-likeness (QED) is 0.814. The van der Waals surface area contributed by atoms with Gasteiger partial charge in [-0.05, 0) is 30.4 Å². The largest absolute Gasteiger partial charge is 0.352 e. The third-order valence-electron chi connectivity index (χ3n) is 5.50. The molecule has 138 valence electrons. The summed E-state index contributed by atoms with van der Waals surface area (Å²) in [5, 5.41) is 7.17. The molecule has 3 nitrogen and oxygen atoms in total. The van der Waals surface area contributed by atoms with Crippen molar-refractivity contribution < 1.29 is 0 Å². The van der Waals surface area contributed by atoms with E-state index in [1.807, 2.05) is 0 Å². The molecule has 2 atom stereocenters. The first-order valence-electron chi connectivity index (χ1n) is 9.57. The predicted molar refractivity (Wildman–Crippen MR) is 111 cm³/mol. The molecule has 0 unspecified atom stereocenters. The van der Waals surface area contributed by atoms with E-state index in [0.717, 1.165) is 18.9 Å². The van der Waals surface area contributed by atoms with Crippen LogP contribution >= 0.6 is 12.4 Å². The highest BCUT2D eigenvalue weighted by Gasteiger charge is 2.31. The van der Waals surface area contributed by atoms with Crippen molar-refractivity contribution in [3.8, 4) is 0 Å². The summed E-state index contributed by atoms with van der Waals surface area (Å²) in [5.74, 6) is 1.41. The molecular formula is C22H28ClN3. The van der Waals surface area contributed by atoms with E-state index >= 15 is 0 Å². The highest BCUT2D eigenvalue weighted by Crippen LogP contribution is 2.28. The van der Waals surface area contributed by atoms with Crippen molar-refractivity contribution in [2.45, 2.75) is 50.1 Å². The van der Waals surface area contributed by atoms with Gasteiger partial charge in [-0.25, -0.2) is 0 Å². The molecule has 4 heteroatoms. The number of benzene rings is 2. The molecule has 1 aliphatic carbocycles. The number of aliphatic imine (C=N–C) groups is 1. The van der Waals surface area contributed by atoms with Crippen LogP contribution in [-0.2, 0) is 0 Å². The van der Waals surface area contributed by atoms with Gasteiger partial charge in [-0.1, -0.05) is 73.5 Å². The van der Waals surface area contributed by atoms with E-state index < -0.39 is 0 Å². The number of rotatable bonds is 5. The lowest BCUT2D eigenvalue weighted by Crippen LogP contribution is -2.36. The molecule has 0 aromatic heterocycles. The van der Waals surface area contributed by atoms with Crippen LogP contribution in [0.3, 0.4) is 0 Å². The molecule has 1 saturated carbocycles. The second-order valence-corrected chi connectivity index (χ2v) is 7.18. The molecule has 1 saturated heterocycles. The minimum Gasteiger partial charge on any atom is -0.352 e. The monoisotopic (exact) mass is 369 g/mol. The Kier molecular flexibility index (Phi) is 6.56. The minimum atomic E-state index is 0. The maximum Gasteiger partial charge on any atom is 0.191 e. The van der Waals surface area contributed by atoms with Crippen molar-refractivity contribution in [1.29, 1.82) is 0 Å². The van der Waals surface area contributed by atoms with E-state index in [-0.39, 0.29) is 12.4 Å². The molecule has 2 fully saturated rings. The molecule has 1 heterocycles. The molecule has 0 bridgehead atoms. The molecule has 4 rings (SSSR count). The summed E-state index contributed by atoms with van der Waals surface area (Å²) in [6.07, 6.45) is 6.25. The summed E-state index contributed by atoms with van der Waals surface area (Å²) >= 11 is 0. The van der Waals surface area contributed by atoms with Crippen molar-refractivity contribution >= 4 is 18.4 Å². The summed E-state index contributed by atoms with van der Waals surface area (Å²) < 4.78 is 0. The molecule has 1 aliphatic heterocycles. The zero-order valence-electron chi connectivity index (χ0n) is 15.1. The molecule has 2 aromatic rings. The van der Waals surface area contributed by atoms with Crippen LogP contribution in [0, 0.1) is 0 Å². The van der Waals surface area contributed by atoms with Crippen LogP contribution in [0.25, 0.3) is 0 Å². The van der Waals surface area contributed by atoms with Gasteiger partial charge < -0.3 is 10.6 Å². The van der Waals surface area contributed by atoms with Gasteiger partial charge in [0.15, 0.2) is 5.96 Å². The van der Waals surface area contributed by atoms with Gasteiger partial charge in [-0.3, -0.25) is 4.99 Å². The van der Waals surface area contributed by atoms with Crippen LogP contribution in [0.5, 0.6) is 0 Å². The summed E-state index contributed by atoms with van der Waals surface area (Å²) in [5.41, 5.74) is 2.74. The van der Waals surface area contributed by atoms with E-state index in [4.69, 9.17) is 4.99 Å². The number of guanidine groups is 1. The maximum absolute atomic E-state index is 4.83.